The molecule has 8 nitrogen and oxygen atoms in total. The molecule has 4 rings (SSSR count). The Bertz CT molecular complexity index is 1050. The fourth-order valence-electron chi connectivity index (χ4n) is 4.07. The maximum atomic E-state index is 14.7. The zero-order valence-corrected chi connectivity index (χ0v) is 18.0. The molecule has 9 heteroatoms. The van der Waals surface area contributed by atoms with Crippen molar-refractivity contribution in [1.82, 2.24) is 29.9 Å². The molecule has 0 N–H and O–H groups in total. The predicted molar refractivity (Wildman–Crippen MR) is 115 cm³/mol. The molecule has 1 aliphatic heterocycles. The van der Waals surface area contributed by atoms with Gasteiger partial charge in [-0.25, -0.2) is 14.4 Å². The summed E-state index contributed by atoms with van der Waals surface area (Å²) in [5, 5.41) is 8.13. The van der Waals surface area contributed by atoms with Crippen LogP contribution in [0.15, 0.2) is 36.7 Å². The highest BCUT2D eigenvalue weighted by Gasteiger charge is 2.30. The van der Waals surface area contributed by atoms with Crippen LogP contribution in [0.4, 0.5) is 10.3 Å². The van der Waals surface area contributed by atoms with Gasteiger partial charge >= 0.3 is 0 Å². The van der Waals surface area contributed by atoms with E-state index in [4.69, 9.17) is 0 Å². The lowest BCUT2D eigenvalue weighted by molar-refractivity contribution is 0.0737. The predicted octanol–water partition coefficient (Wildman–Crippen LogP) is 2.80. The van der Waals surface area contributed by atoms with E-state index in [-0.39, 0.29) is 17.4 Å². The summed E-state index contributed by atoms with van der Waals surface area (Å²) in [6.07, 6.45) is 3.92. The summed E-state index contributed by atoms with van der Waals surface area (Å²) in [7, 11) is 0. The fraction of sp³-hybridized carbons (Fsp3) is 0.409. The molecule has 3 heterocycles. The first-order chi connectivity index (χ1) is 15.0. The third-order valence-electron chi connectivity index (χ3n) is 5.53. The molecule has 162 valence electrons. The first kappa shape index (κ1) is 20.9. The van der Waals surface area contributed by atoms with Gasteiger partial charge in [0.25, 0.3) is 5.91 Å². The Hall–Kier alpha value is -3.36. The number of carbonyl (C=O) groups excluding carboxylic acids is 1. The Morgan fingerprint density at radius 1 is 1.19 bits per heavy atom. The highest BCUT2D eigenvalue weighted by molar-refractivity contribution is 5.98. The number of amides is 1. The van der Waals surface area contributed by atoms with E-state index in [1.807, 2.05) is 26.8 Å². The van der Waals surface area contributed by atoms with Crippen molar-refractivity contribution in [3.05, 3.63) is 59.4 Å². The van der Waals surface area contributed by atoms with Crippen molar-refractivity contribution in [1.29, 1.82) is 0 Å². The number of halogens is 1. The van der Waals surface area contributed by atoms with Gasteiger partial charge in [-0.05, 0) is 51.3 Å². The molecule has 3 aromatic rings. The van der Waals surface area contributed by atoms with Crippen molar-refractivity contribution in [3.63, 3.8) is 0 Å². The largest absolute Gasteiger partial charge is 0.340 e. The Labute approximate surface area is 180 Å². The zero-order valence-electron chi connectivity index (χ0n) is 18.0. The molecule has 1 atom stereocenters. The summed E-state index contributed by atoms with van der Waals surface area (Å²) < 4.78 is 14.7. The van der Waals surface area contributed by atoms with Crippen LogP contribution in [-0.2, 0) is 0 Å². The molecule has 0 radical (unpaired) electrons. The highest BCUT2D eigenvalue weighted by Crippen LogP contribution is 2.24. The van der Waals surface area contributed by atoms with Gasteiger partial charge in [-0.1, -0.05) is 6.07 Å². The lowest BCUT2D eigenvalue weighted by Gasteiger charge is -2.25. The molecule has 1 aromatic carbocycles. The molecule has 0 bridgehead atoms. The molecule has 2 aromatic heterocycles. The van der Waals surface area contributed by atoms with Crippen molar-refractivity contribution < 1.29 is 9.18 Å². The van der Waals surface area contributed by atoms with Gasteiger partial charge in [0, 0.05) is 37.6 Å². The van der Waals surface area contributed by atoms with Crippen LogP contribution in [0.25, 0.3) is 5.69 Å². The minimum absolute atomic E-state index is 0.00644. The molecule has 1 saturated heterocycles. The Morgan fingerprint density at radius 3 is 2.58 bits per heavy atom. The van der Waals surface area contributed by atoms with E-state index in [2.05, 4.69) is 25.1 Å². The number of anilines is 1. The van der Waals surface area contributed by atoms with Gasteiger partial charge < -0.3 is 9.80 Å². The number of hydrogen-bond donors (Lipinski definition) is 0. The van der Waals surface area contributed by atoms with E-state index < -0.39 is 5.82 Å². The topological polar surface area (TPSA) is 80.0 Å². The maximum absolute atomic E-state index is 14.7. The SMILES string of the molecule is CCN(C[C@H]1CCN(c2nc(C)cc(C)n2)C1)C(=O)c1c(F)cccc1-n1nccn1. The van der Waals surface area contributed by atoms with Crippen molar-refractivity contribution in [2.24, 2.45) is 5.92 Å². The fourth-order valence-corrected chi connectivity index (χ4v) is 4.07. The molecular weight excluding hydrogens is 397 g/mol. The Balaban J connectivity index is 1.51. The maximum Gasteiger partial charge on any atom is 0.259 e. The van der Waals surface area contributed by atoms with Gasteiger partial charge in [0.2, 0.25) is 5.95 Å². The zero-order chi connectivity index (χ0) is 22.0. The molecule has 0 saturated carbocycles. The molecule has 31 heavy (non-hydrogen) atoms. The monoisotopic (exact) mass is 423 g/mol. The first-order valence-electron chi connectivity index (χ1n) is 10.5. The number of benzene rings is 1. The summed E-state index contributed by atoms with van der Waals surface area (Å²) >= 11 is 0. The summed E-state index contributed by atoms with van der Waals surface area (Å²) in [4.78, 5) is 27.6. The summed E-state index contributed by atoms with van der Waals surface area (Å²) in [5.74, 6) is 0.0610. The van der Waals surface area contributed by atoms with Crippen LogP contribution in [0.3, 0.4) is 0 Å². The molecule has 1 amide bonds. The lowest BCUT2D eigenvalue weighted by atomic mass is 10.1. The van der Waals surface area contributed by atoms with Crippen LogP contribution in [0.1, 0.15) is 35.1 Å². The van der Waals surface area contributed by atoms with E-state index in [1.165, 1.54) is 23.3 Å². The first-order valence-corrected chi connectivity index (χ1v) is 10.5. The summed E-state index contributed by atoms with van der Waals surface area (Å²) in [5.41, 5.74) is 2.21. The number of aromatic nitrogens is 5. The van der Waals surface area contributed by atoms with Gasteiger partial charge in [-0.3, -0.25) is 4.79 Å². The van der Waals surface area contributed by atoms with Crippen LogP contribution in [-0.4, -0.2) is 61.9 Å². The van der Waals surface area contributed by atoms with Gasteiger partial charge in [0.05, 0.1) is 12.4 Å². The average Bonchev–Trinajstić information content (AvgIpc) is 3.43. The number of carbonyl (C=O) groups is 1. The minimum Gasteiger partial charge on any atom is -0.340 e. The van der Waals surface area contributed by atoms with Crippen LogP contribution in [0.2, 0.25) is 0 Å². The quantitative estimate of drug-likeness (QED) is 0.607. The molecule has 0 spiro atoms. The van der Waals surface area contributed by atoms with Crippen LogP contribution >= 0.6 is 0 Å². The average molecular weight is 423 g/mol. The van der Waals surface area contributed by atoms with Gasteiger partial charge in [0.1, 0.15) is 17.1 Å². The number of aryl methyl sites for hydroxylation is 2. The second kappa shape index (κ2) is 8.79. The van der Waals surface area contributed by atoms with Crippen molar-refractivity contribution >= 4 is 11.9 Å². The van der Waals surface area contributed by atoms with Gasteiger partial charge in [-0.2, -0.15) is 15.0 Å². The standard InChI is InChI=1S/C22H26FN7O/c1-4-28(13-17-8-11-29(14-17)22-26-15(2)12-16(3)27-22)21(31)20-18(23)6-5-7-19(20)30-24-9-10-25-30/h5-7,9-10,12,17H,4,8,11,13-14H2,1-3H3/t17-/m1/s1. The summed E-state index contributed by atoms with van der Waals surface area (Å²) in [6.45, 7) is 8.45. The number of nitrogens with zero attached hydrogens (tertiary/aromatic N) is 7. The Morgan fingerprint density at radius 2 is 1.90 bits per heavy atom. The van der Waals surface area contributed by atoms with E-state index in [0.717, 1.165) is 36.8 Å². The number of rotatable bonds is 6. The second-order valence-corrected chi connectivity index (χ2v) is 7.85. The van der Waals surface area contributed by atoms with Crippen LogP contribution in [0.5, 0.6) is 0 Å². The smallest absolute Gasteiger partial charge is 0.259 e. The van der Waals surface area contributed by atoms with E-state index in [1.54, 1.807) is 17.0 Å². The van der Waals surface area contributed by atoms with Crippen molar-refractivity contribution in [2.75, 3.05) is 31.1 Å². The molecule has 1 aliphatic rings. The second-order valence-electron chi connectivity index (χ2n) is 7.85. The summed E-state index contributed by atoms with van der Waals surface area (Å²) in [6, 6.07) is 6.45. The Kier molecular flexibility index (Phi) is 5.92. The molecule has 1 fully saturated rings. The van der Waals surface area contributed by atoms with Crippen LogP contribution < -0.4 is 4.90 Å². The van der Waals surface area contributed by atoms with E-state index in [9.17, 15) is 9.18 Å². The minimum atomic E-state index is -0.574. The molecular formula is C22H26FN7O. The van der Waals surface area contributed by atoms with Crippen LogP contribution in [0, 0.1) is 25.6 Å². The van der Waals surface area contributed by atoms with Crippen molar-refractivity contribution in [2.45, 2.75) is 27.2 Å². The normalized spacial score (nSPS) is 16.0. The highest BCUT2D eigenvalue weighted by atomic mass is 19.1. The van der Waals surface area contributed by atoms with Gasteiger partial charge in [0.15, 0.2) is 0 Å². The third kappa shape index (κ3) is 4.40. The van der Waals surface area contributed by atoms with E-state index >= 15 is 0 Å². The van der Waals surface area contributed by atoms with Gasteiger partial charge in [-0.15, -0.1) is 0 Å². The van der Waals surface area contributed by atoms with E-state index in [0.29, 0.717) is 18.8 Å². The molecule has 0 unspecified atom stereocenters. The van der Waals surface area contributed by atoms with Crippen molar-refractivity contribution in [3.8, 4) is 5.69 Å². The number of hydrogen-bond acceptors (Lipinski definition) is 6. The third-order valence-corrected chi connectivity index (χ3v) is 5.53. The molecule has 0 aliphatic carbocycles. The lowest BCUT2D eigenvalue weighted by Crippen LogP contribution is -2.37.